The van der Waals surface area contributed by atoms with E-state index in [1.165, 1.54) is 16.6 Å². The number of nitrogens with two attached hydrogens (primary N) is 2. The number of methoxy groups -OCH3 is 1. The second-order valence-electron chi connectivity index (χ2n) is 9.49. The molecule has 1 fully saturated rings. The Labute approximate surface area is 201 Å². The lowest BCUT2D eigenvalue weighted by Gasteiger charge is -2.34. The third-order valence-electron chi connectivity index (χ3n) is 7.29. The molecule has 3 heterocycles. The Balaban J connectivity index is 1.33. The number of fused-ring (bicyclic) bond motifs is 4. The molecule has 34 heavy (non-hydrogen) atoms. The van der Waals surface area contributed by atoms with E-state index >= 15 is 0 Å². The van der Waals surface area contributed by atoms with Crippen LogP contribution in [0.2, 0.25) is 0 Å². The summed E-state index contributed by atoms with van der Waals surface area (Å²) in [6.45, 7) is 9.77. The van der Waals surface area contributed by atoms with E-state index < -0.39 is 0 Å². The summed E-state index contributed by atoms with van der Waals surface area (Å²) in [6.07, 6.45) is 3.19. The maximum absolute atomic E-state index is 6.53. The molecule has 4 aromatic rings. The molecule has 0 spiro atoms. The van der Waals surface area contributed by atoms with Gasteiger partial charge in [0.05, 0.1) is 18.1 Å². The second kappa shape index (κ2) is 9.78. The topological polar surface area (TPSA) is 96.4 Å². The smallest absolute Gasteiger partial charge is 0.119 e. The van der Waals surface area contributed by atoms with Crippen molar-refractivity contribution in [3.8, 4) is 5.75 Å². The molecule has 180 valence electrons. The number of aromatic nitrogens is 2. The van der Waals surface area contributed by atoms with Crippen molar-refractivity contribution in [1.82, 2.24) is 19.8 Å². The van der Waals surface area contributed by atoms with Gasteiger partial charge in [-0.25, -0.2) is 4.98 Å². The molecule has 1 aliphatic heterocycles. The second-order valence-corrected chi connectivity index (χ2v) is 9.49. The Kier molecular flexibility index (Phi) is 6.59. The van der Waals surface area contributed by atoms with Crippen LogP contribution in [-0.4, -0.2) is 72.7 Å². The first-order valence-electron chi connectivity index (χ1n) is 12.4. The van der Waals surface area contributed by atoms with Crippen LogP contribution in [0.15, 0.2) is 30.3 Å². The molecule has 0 saturated carbocycles. The maximum atomic E-state index is 6.53. The van der Waals surface area contributed by atoms with Crippen molar-refractivity contribution in [3.63, 3.8) is 0 Å². The Bertz CT molecular complexity index is 1310. The summed E-state index contributed by atoms with van der Waals surface area (Å²) in [5, 5.41) is 4.46. The highest BCUT2D eigenvalue weighted by molar-refractivity contribution is 6.15. The molecule has 0 bridgehead atoms. The number of anilines is 1. The first-order valence-corrected chi connectivity index (χ1v) is 12.4. The Morgan fingerprint density at radius 3 is 2.38 bits per heavy atom. The number of ether oxygens (including phenoxy) is 1. The molecule has 2 aromatic heterocycles. The summed E-state index contributed by atoms with van der Waals surface area (Å²) in [7, 11) is 1.69. The molecule has 7 heteroatoms. The van der Waals surface area contributed by atoms with Crippen molar-refractivity contribution in [2.45, 2.75) is 26.2 Å². The van der Waals surface area contributed by atoms with Crippen molar-refractivity contribution in [1.29, 1.82) is 0 Å². The van der Waals surface area contributed by atoms with Gasteiger partial charge in [0, 0.05) is 48.0 Å². The predicted octanol–water partition coefficient (Wildman–Crippen LogP) is 3.67. The van der Waals surface area contributed by atoms with E-state index in [9.17, 15) is 0 Å². The number of benzene rings is 2. The zero-order chi connectivity index (χ0) is 23.7. The lowest BCUT2D eigenvalue weighted by Crippen LogP contribution is -2.47. The third-order valence-corrected chi connectivity index (χ3v) is 7.29. The summed E-state index contributed by atoms with van der Waals surface area (Å²) in [6, 6.07) is 10.5. The molecule has 1 aliphatic rings. The fraction of sp³-hybridized carbons (Fsp3) is 0.444. The van der Waals surface area contributed by atoms with Crippen molar-refractivity contribution < 1.29 is 4.74 Å². The van der Waals surface area contributed by atoms with E-state index in [0.717, 1.165) is 104 Å². The Morgan fingerprint density at radius 2 is 1.68 bits per heavy atom. The predicted molar refractivity (Wildman–Crippen MR) is 142 cm³/mol. The molecular weight excluding hydrogens is 424 g/mol. The van der Waals surface area contributed by atoms with Crippen molar-refractivity contribution >= 4 is 38.4 Å². The highest BCUT2D eigenvalue weighted by Crippen LogP contribution is 2.36. The standard InChI is InChI=1S/C27H36N6O/c1-18-21-15-19(5-3-9-32-11-13-33(14-12-32)10-4-8-28)30-27(29)24(21)17-23-22-16-20(34-2)6-7-25(22)31-26(18)23/h6-7,15-17,30H,3-5,8-14,28-29H2,1-2H3. The molecule has 0 atom stereocenters. The van der Waals surface area contributed by atoms with Crippen LogP contribution < -0.4 is 16.2 Å². The van der Waals surface area contributed by atoms with Gasteiger partial charge in [0.2, 0.25) is 0 Å². The van der Waals surface area contributed by atoms with Gasteiger partial charge in [-0.2, -0.15) is 0 Å². The minimum Gasteiger partial charge on any atom is -0.497 e. The number of H-pyrrole nitrogens is 1. The van der Waals surface area contributed by atoms with Gasteiger partial charge in [0.25, 0.3) is 0 Å². The van der Waals surface area contributed by atoms with E-state index in [4.69, 9.17) is 21.2 Å². The normalized spacial score (nSPS) is 15.6. The Morgan fingerprint density at radius 1 is 0.941 bits per heavy atom. The quantitative estimate of drug-likeness (QED) is 0.371. The van der Waals surface area contributed by atoms with Crippen LogP contribution in [0.5, 0.6) is 5.75 Å². The van der Waals surface area contributed by atoms with Crippen LogP contribution >= 0.6 is 0 Å². The van der Waals surface area contributed by atoms with Crippen LogP contribution in [-0.2, 0) is 6.42 Å². The van der Waals surface area contributed by atoms with Gasteiger partial charge < -0.3 is 31.0 Å². The van der Waals surface area contributed by atoms with Crippen LogP contribution in [0.1, 0.15) is 24.1 Å². The molecule has 2 aromatic carbocycles. The van der Waals surface area contributed by atoms with Gasteiger partial charge in [-0.3, -0.25) is 0 Å². The lowest BCUT2D eigenvalue weighted by atomic mass is 10.00. The molecule has 0 unspecified atom stereocenters. The highest BCUT2D eigenvalue weighted by atomic mass is 16.5. The van der Waals surface area contributed by atoms with Gasteiger partial charge in [-0.05, 0) is 87.1 Å². The van der Waals surface area contributed by atoms with Gasteiger partial charge in [0.1, 0.15) is 11.6 Å². The van der Waals surface area contributed by atoms with E-state index in [2.05, 4.69) is 39.9 Å². The number of nitrogens with one attached hydrogen (secondary N) is 1. The molecular formula is C27H36N6O. The van der Waals surface area contributed by atoms with Crippen LogP contribution in [0.4, 0.5) is 5.82 Å². The van der Waals surface area contributed by atoms with Gasteiger partial charge in [-0.1, -0.05) is 0 Å². The van der Waals surface area contributed by atoms with E-state index in [-0.39, 0.29) is 0 Å². The Hall–Kier alpha value is -2.87. The fourth-order valence-electron chi connectivity index (χ4n) is 5.29. The number of hydrogen-bond acceptors (Lipinski definition) is 6. The molecule has 0 amide bonds. The largest absolute Gasteiger partial charge is 0.497 e. The fourth-order valence-corrected chi connectivity index (χ4v) is 5.29. The first kappa shape index (κ1) is 22.9. The van der Waals surface area contributed by atoms with Gasteiger partial charge >= 0.3 is 0 Å². The van der Waals surface area contributed by atoms with Crippen molar-refractivity contribution in [3.05, 3.63) is 41.6 Å². The average molecular weight is 461 g/mol. The van der Waals surface area contributed by atoms with Crippen LogP contribution in [0.25, 0.3) is 32.6 Å². The maximum Gasteiger partial charge on any atom is 0.119 e. The number of hydrogen-bond donors (Lipinski definition) is 3. The molecule has 7 nitrogen and oxygen atoms in total. The van der Waals surface area contributed by atoms with E-state index in [1.54, 1.807) is 7.11 Å². The molecule has 0 aliphatic carbocycles. The number of nitrogens with zero attached hydrogens (tertiary/aromatic N) is 3. The van der Waals surface area contributed by atoms with Crippen LogP contribution in [0, 0.1) is 6.92 Å². The number of pyridine rings is 1. The summed E-state index contributed by atoms with van der Waals surface area (Å²) in [5.41, 5.74) is 16.6. The zero-order valence-corrected chi connectivity index (χ0v) is 20.4. The molecule has 5 rings (SSSR count). The van der Waals surface area contributed by atoms with Crippen LogP contribution in [0.3, 0.4) is 0 Å². The third kappa shape index (κ3) is 4.43. The monoisotopic (exact) mass is 460 g/mol. The number of nitrogen functional groups attached to an aromatic ring is 1. The lowest BCUT2D eigenvalue weighted by molar-refractivity contribution is 0.131. The minimum atomic E-state index is 0.725. The summed E-state index contributed by atoms with van der Waals surface area (Å²) in [4.78, 5) is 13.5. The van der Waals surface area contributed by atoms with Crippen molar-refractivity contribution in [2.24, 2.45) is 5.73 Å². The SMILES string of the molecule is COc1ccc2nc3c(C)c4cc(CCCN5CCN(CCCN)CC5)[nH]c(N)c4cc3c2c1. The van der Waals surface area contributed by atoms with Gasteiger partial charge in [-0.15, -0.1) is 0 Å². The van der Waals surface area contributed by atoms with E-state index in [0.29, 0.717) is 0 Å². The minimum absolute atomic E-state index is 0.725. The average Bonchev–Trinajstić information content (AvgIpc) is 3.22. The first-order chi connectivity index (χ1) is 16.6. The molecule has 0 radical (unpaired) electrons. The molecule has 5 N–H and O–H groups in total. The number of aromatic amines is 1. The zero-order valence-electron chi connectivity index (χ0n) is 20.4. The highest BCUT2D eigenvalue weighted by Gasteiger charge is 2.17. The number of rotatable bonds is 8. The van der Waals surface area contributed by atoms with Gasteiger partial charge in [0.15, 0.2) is 0 Å². The van der Waals surface area contributed by atoms with Crippen molar-refractivity contribution in [2.75, 3.05) is 58.7 Å². The summed E-state index contributed by atoms with van der Waals surface area (Å²) < 4.78 is 5.43. The van der Waals surface area contributed by atoms with E-state index in [1.807, 2.05) is 12.1 Å². The summed E-state index contributed by atoms with van der Waals surface area (Å²) >= 11 is 0. The number of aryl methyl sites for hydroxylation is 2. The number of piperazine rings is 1. The molecule has 1 saturated heterocycles. The summed E-state index contributed by atoms with van der Waals surface area (Å²) in [5.74, 6) is 1.56.